The van der Waals surface area contributed by atoms with Gasteiger partial charge in [-0.25, -0.2) is 9.18 Å². The van der Waals surface area contributed by atoms with Gasteiger partial charge in [-0.15, -0.1) is 0 Å². The summed E-state index contributed by atoms with van der Waals surface area (Å²) >= 11 is 0.671. The van der Waals surface area contributed by atoms with Crippen LogP contribution in [0.25, 0.3) is 0 Å². The largest absolute Gasteiger partial charge is 0.483 e. The number of halogens is 1. The summed E-state index contributed by atoms with van der Waals surface area (Å²) < 4.78 is 19.8. The Labute approximate surface area is 204 Å². The number of rotatable bonds is 6. The maximum atomic E-state index is 13.8. The fraction of sp³-hybridized carbons (Fsp3) is 0.200. The molecule has 1 atom stereocenters. The van der Waals surface area contributed by atoms with Crippen LogP contribution in [0.4, 0.5) is 14.9 Å². The number of nitrogens with zero attached hydrogens (tertiary/aromatic N) is 1. The third kappa shape index (κ3) is 4.83. The van der Waals surface area contributed by atoms with E-state index in [4.69, 9.17) is 4.74 Å². The number of thioether (sulfide) groups is 1. The van der Waals surface area contributed by atoms with Gasteiger partial charge in [-0.3, -0.25) is 19.3 Å². The Balaban J connectivity index is 1.46. The number of benzene rings is 2. The van der Waals surface area contributed by atoms with Gasteiger partial charge in [0.2, 0.25) is 5.91 Å². The normalized spacial score (nSPS) is 20.7. The number of imide groups is 1. The number of carboxylic acid groups (broad SMARTS) is 1. The topological polar surface area (TPSA) is 113 Å². The van der Waals surface area contributed by atoms with Crippen LogP contribution in [0.2, 0.25) is 0 Å². The van der Waals surface area contributed by atoms with E-state index in [0.29, 0.717) is 35.1 Å². The summed E-state index contributed by atoms with van der Waals surface area (Å²) in [7, 11) is 0. The number of carbonyl (C=O) groups is 4. The van der Waals surface area contributed by atoms with Crippen molar-refractivity contribution in [3.05, 3.63) is 87.8 Å². The molecule has 4 rings (SSSR count). The van der Waals surface area contributed by atoms with E-state index in [1.165, 1.54) is 30.3 Å². The fourth-order valence-electron chi connectivity index (χ4n) is 3.99. The molecule has 2 aromatic rings. The van der Waals surface area contributed by atoms with Gasteiger partial charge in [-0.05, 0) is 67.1 Å². The van der Waals surface area contributed by atoms with Crippen molar-refractivity contribution in [2.24, 2.45) is 0 Å². The summed E-state index contributed by atoms with van der Waals surface area (Å²) in [6.45, 7) is 2.97. The second-order valence-corrected chi connectivity index (χ2v) is 9.22. The third-order valence-corrected chi connectivity index (χ3v) is 6.67. The molecule has 0 saturated carbocycles. The third-order valence-electron chi connectivity index (χ3n) is 5.77. The van der Waals surface area contributed by atoms with E-state index in [-0.39, 0.29) is 16.2 Å². The van der Waals surface area contributed by atoms with Gasteiger partial charge >= 0.3 is 5.97 Å². The number of hydrogen-bond acceptors (Lipinski definition) is 6. The van der Waals surface area contributed by atoms with Gasteiger partial charge in [-0.1, -0.05) is 24.3 Å². The van der Waals surface area contributed by atoms with E-state index in [0.717, 1.165) is 4.90 Å². The fourth-order valence-corrected chi connectivity index (χ4v) is 4.81. The van der Waals surface area contributed by atoms with Crippen LogP contribution in [0.5, 0.6) is 0 Å². The number of aromatic carboxylic acids is 1. The first-order chi connectivity index (χ1) is 16.6. The van der Waals surface area contributed by atoms with E-state index >= 15 is 0 Å². The second-order valence-electron chi connectivity index (χ2n) is 8.22. The molecule has 0 spiro atoms. The Kier molecular flexibility index (Phi) is 6.49. The highest BCUT2D eigenvalue weighted by molar-refractivity contribution is 8.18. The predicted molar refractivity (Wildman–Crippen MR) is 127 cm³/mol. The summed E-state index contributed by atoms with van der Waals surface area (Å²) in [4.78, 5) is 49.8. The average molecular weight is 497 g/mol. The average Bonchev–Trinajstić information content (AvgIpc) is 3.30. The van der Waals surface area contributed by atoms with E-state index in [2.05, 4.69) is 5.32 Å². The Bertz CT molecular complexity index is 1320. The van der Waals surface area contributed by atoms with Crippen molar-refractivity contribution in [3.8, 4) is 0 Å². The van der Waals surface area contributed by atoms with Gasteiger partial charge in [0, 0.05) is 6.42 Å². The number of allylic oxidation sites excluding steroid dienone is 1. The van der Waals surface area contributed by atoms with Crippen LogP contribution in [-0.4, -0.2) is 39.6 Å². The highest BCUT2D eigenvalue weighted by Crippen LogP contribution is 2.41. The summed E-state index contributed by atoms with van der Waals surface area (Å²) in [6.07, 6.45) is 3.62. The first-order valence-corrected chi connectivity index (χ1v) is 11.4. The van der Waals surface area contributed by atoms with Crippen LogP contribution in [0.1, 0.15) is 34.8 Å². The SMILES string of the molecule is Cc1c(C(=O)O)cccc1C1(C)CC=C(/C=C2\SC(=O)N(CC(=O)Nc3ccccc3F)C2=O)O1. The molecule has 0 aliphatic carbocycles. The Morgan fingerprint density at radius 2 is 1.97 bits per heavy atom. The maximum Gasteiger partial charge on any atom is 0.335 e. The minimum absolute atomic E-state index is 0.0499. The lowest BCUT2D eigenvalue weighted by atomic mass is 9.88. The number of carboxylic acids is 1. The highest BCUT2D eigenvalue weighted by atomic mass is 32.2. The van der Waals surface area contributed by atoms with Crippen molar-refractivity contribution >= 4 is 40.5 Å². The summed E-state index contributed by atoms with van der Waals surface area (Å²) in [5.41, 5.74) is 0.562. The quantitative estimate of drug-likeness (QED) is 0.563. The highest BCUT2D eigenvalue weighted by Gasteiger charge is 2.39. The van der Waals surface area contributed by atoms with Crippen LogP contribution in [0.3, 0.4) is 0 Å². The maximum absolute atomic E-state index is 13.8. The van der Waals surface area contributed by atoms with Crippen molar-refractivity contribution in [2.45, 2.75) is 25.9 Å². The molecule has 0 aromatic heterocycles. The van der Waals surface area contributed by atoms with Crippen LogP contribution < -0.4 is 5.32 Å². The molecule has 0 radical (unpaired) electrons. The number of anilines is 1. The van der Waals surface area contributed by atoms with Crippen LogP contribution in [0.15, 0.2) is 65.3 Å². The Morgan fingerprint density at radius 3 is 2.69 bits per heavy atom. The number of ether oxygens (including phenoxy) is 1. The van der Waals surface area contributed by atoms with Gasteiger partial charge in [0.1, 0.15) is 23.7 Å². The standard InChI is InChI=1S/C25H21FN2O6S/c1-14-16(23(31)32)6-5-7-17(14)25(2)11-10-15(34-25)12-20-22(30)28(24(33)35-20)13-21(29)27-19-9-4-3-8-18(19)26/h3-10,12H,11,13H2,1-2H3,(H,27,29)(H,31,32)/b20-12-. The second kappa shape index (κ2) is 9.38. The zero-order valence-electron chi connectivity index (χ0n) is 18.8. The Morgan fingerprint density at radius 1 is 1.23 bits per heavy atom. The minimum atomic E-state index is -1.04. The summed E-state index contributed by atoms with van der Waals surface area (Å²) in [5, 5.41) is 11.1. The first kappa shape index (κ1) is 24.2. The molecule has 2 aromatic carbocycles. The molecule has 0 bridgehead atoms. The lowest BCUT2D eigenvalue weighted by Gasteiger charge is -2.28. The van der Waals surface area contributed by atoms with Crippen molar-refractivity contribution in [2.75, 3.05) is 11.9 Å². The van der Waals surface area contributed by atoms with Crippen LogP contribution in [-0.2, 0) is 19.9 Å². The molecule has 8 nitrogen and oxygen atoms in total. The summed E-state index contributed by atoms with van der Waals surface area (Å²) in [5.74, 6) is -2.68. The smallest absolute Gasteiger partial charge is 0.335 e. The summed E-state index contributed by atoms with van der Waals surface area (Å²) in [6, 6.07) is 10.5. The van der Waals surface area contributed by atoms with Crippen molar-refractivity contribution in [1.29, 1.82) is 0 Å². The van der Waals surface area contributed by atoms with Gasteiger partial charge in [0.05, 0.1) is 16.2 Å². The molecule has 2 aliphatic heterocycles. The molecule has 1 fully saturated rings. The minimum Gasteiger partial charge on any atom is -0.483 e. The van der Waals surface area contributed by atoms with E-state index in [9.17, 15) is 28.7 Å². The van der Waals surface area contributed by atoms with Crippen molar-refractivity contribution in [1.82, 2.24) is 4.90 Å². The lowest BCUT2D eigenvalue weighted by Crippen LogP contribution is -2.36. The van der Waals surface area contributed by atoms with Crippen molar-refractivity contribution < 1.29 is 33.4 Å². The zero-order valence-corrected chi connectivity index (χ0v) is 19.6. The zero-order chi connectivity index (χ0) is 25.3. The predicted octanol–water partition coefficient (Wildman–Crippen LogP) is 4.57. The number of hydrogen-bond donors (Lipinski definition) is 2. The van der Waals surface area contributed by atoms with Gasteiger partial charge in [-0.2, -0.15) is 0 Å². The van der Waals surface area contributed by atoms with Gasteiger partial charge in [0.25, 0.3) is 11.1 Å². The van der Waals surface area contributed by atoms with E-state index in [1.54, 1.807) is 31.2 Å². The molecule has 10 heteroatoms. The number of para-hydroxylation sites is 1. The molecule has 1 unspecified atom stereocenters. The van der Waals surface area contributed by atoms with Gasteiger partial charge < -0.3 is 15.2 Å². The van der Waals surface area contributed by atoms with Gasteiger partial charge in [0.15, 0.2) is 0 Å². The molecule has 2 N–H and O–H groups in total. The van der Waals surface area contributed by atoms with Crippen molar-refractivity contribution in [3.63, 3.8) is 0 Å². The molecule has 2 heterocycles. The number of amides is 3. The molecule has 180 valence electrons. The molecule has 35 heavy (non-hydrogen) atoms. The van der Waals surface area contributed by atoms with E-state index in [1.807, 2.05) is 6.92 Å². The van der Waals surface area contributed by atoms with Crippen LogP contribution in [0, 0.1) is 12.7 Å². The molecular formula is C25H21FN2O6S. The first-order valence-electron chi connectivity index (χ1n) is 10.6. The molecule has 3 amide bonds. The lowest BCUT2D eigenvalue weighted by molar-refractivity contribution is -0.127. The molecular weight excluding hydrogens is 475 g/mol. The van der Waals surface area contributed by atoms with Crippen LogP contribution >= 0.6 is 11.8 Å². The molecule has 2 aliphatic rings. The number of nitrogens with one attached hydrogen (secondary N) is 1. The van der Waals surface area contributed by atoms with E-state index < -0.39 is 41.0 Å². The monoisotopic (exact) mass is 496 g/mol. The number of carbonyl (C=O) groups excluding carboxylic acids is 3. The Hall–Kier alpha value is -3.92. The molecule has 1 saturated heterocycles.